The van der Waals surface area contributed by atoms with Gasteiger partial charge >= 0.3 is 0 Å². The highest BCUT2D eigenvalue weighted by atomic mass is 16.5. The molecule has 0 aliphatic carbocycles. The maximum absolute atomic E-state index is 5.49. The number of nitrogens with zero attached hydrogens (tertiary/aromatic N) is 1. The number of hydrogen-bond acceptors (Lipinski definition) is 4. The Labute approximate surface area is 148 Å². The van der Waals surface area contributed by atoms with E-state index in [9.17, 15) is 0 Å². The number of methoxy groups -OCH3 is 3. The molecule has 0 unspecified atom stereocenters. The van der Waals surface area contributed by atoms with Gasteiger partial charge in [-0.1, -0.05) is 32.0 Å². The van der Waals surface area contributed by atoms with Crippen molar-refractivity contribution in [2.45, 2.75) is 19.3 Å². The highest BCUT2D eigenvalue weighted by molar-refractivity contribution is 6.10. The summed E-state index contributed by atoms with van der Waals surface area (Å²) in [5.74, 6) is 2.03. The Balaban J connectivity index is 1.98. The van der Waals surface area contributed by atoms with Crippen molar-refractivity contribution in [1.82, 2.24) is 0 Å². The summed E-state index contributed by atoms with van der Waals surface area (Å²) in [6, 6.07) is 12.0. The normalized spacial score (nSPS) is 15.0. The first-order chi connectivity index (χ1) is 12.0. The van der Waals surface area contributed by atoms with Crippen LogP contribution in [-0.2, 0) is 5.41 Å². The van der Waals surface area contributed by atoms with Crippen LogP contribution in [0.1, 0.15) is 25.0 Å². The first-order valence-corrected chi connectivity index (χ1v) is 8.18. The predicted molar refractivity (Wildman–Crippen MR) is 102 cm³/mol. The molecule has 3 rings (SSSR count). The summed E-state index contributed by atoms with van der Waals surface area (Å²) < 4.78 is 16.2. The molecule has 4 heteroatoms. The lowest BCUT2D eigenvalue weighted by molar-refractivity contribution is 0.348. The minimum Gasteiger partial charge on any atom is -0.496 e. The van der Waals surface area contributed by atoms with Crippen LogP contribution in [-0.4, -0.2) is 27.0 Å². The monoisotopic (exact) mass is 337 g/mol. The second kappa shape index (κ2) is 6.63. The lowest BCUT2D eigenvalue weighted by atomic mass is 9.81. The average Bonchev–Trinajstić information content (AvgIpc) is 2.89. The Morgan fingerprint density at radius 3 is 2.12 bits per heavy atom. The van der Waals surface area contributed by atoms with Gasteiger partial charge in [0.25, 0.3) is 0 Å². The summed E-state index contributed by atoms with van der Waals surface area (Å²) in [7, 11) is 4.88. The van der Waals surface area contributed by atoms with Crippen molar-refractivity contribution in [1.29, 1.82) is 0 Å². The molecule has 0 bridgehead atoms. The van der Waals surface area contributed by atoms with Crippen LogP contribution in [0.4, 0.5) is 5.69 Å². The zero-order valence-corrected chi connectivity index (χ0v) is 15.3. The van der Waals surface area contributed by atoms with Gasteiger partial charge in [-0.3, -0.25) is 4.99 Å². The van der Waals surface area contributed by atoms with Crippen molar-refractivity contribution in [3.8, 4) is 17.2 Å². The standard InChI is InChI=1S/C21H23NO3/c1-21(2)15-8-6-7-9-16(15)22-20(21)11-10-14-12-18(24-4)19(25-5)13-17(14)23-3/h6-13H,1-5H3. The first-order valence-electron chi connectivity index (χ1n) is 8.18. The molecule has 2 aromatic rings. The lowest BCUT2D eigenvalue weighted by Crippen LogP contribution is -2.23. The molecule has 1 aliphatic heterocycles. The van der Waals surface area contributed by atoms with Crippen molar-refractivity contribution in [2.24, 2.45) is 4.99 Å². The molecule has 0 radical (unpaired) electrons. The Morgan fingerprint density at radius 1 is 0.840 bits per heavy atom. The predicted octanol–water partition coefficient (Wildman–Crippen LogP) is 4.79. The SMILES string of the molecule is COc1cc(OC)c(OC)cc1C=CC1=Nc2ccccc2C1(C)C. The number of rotatable bonds is 5. The van der Waals surface area contributed by atoms with Gasteiger partial charge < -0.3 is 14.2 Å². The molecule has 0 atom stereocenters. The van der Waals surface area contributed by atoms with Gasteiger partial charge in [-0.05, 0) is 29.8 Å². The summed E-state index contributed by atoms with van der Waals surface area (Å²) in [6.45, 7) is 4.38. The average molecular weight is 337 g/mol. The van der Waals surface area contributed by atoms with Crippen LogP contribution < -0.4 is 14.2 Å². The van der Waals surface area contributed by atoms with Gasteiger partial charge in [-0.25, -0.2) is 0 Å². The number of aliphatic imine (C=N–C) groups is 1. The van der Waals surface area contributed by atoms with Crippen LogP contribution in [0.15, 0.2) is 47.5 Å². The Bertz CT molecular complexity index is 850. The van der Waals surface area contributed by atoms with Crippen molar-refractivity contribution >= 4 is 17.5 Å². The molecule has 0 saturated carbocycles. The van der Waals surface area contributed by atoms with Crippen molar-refractivity contribution < 1.29 is 14.2 Å². The third kappa shape index (κ3) is 3.00. The van der Waals surface area contributed by atoms with Gasteiger partial charge in [0.2, 0.25) is 0 Å². The highest BCUT2D eigenvalue weighted by Gasteiger charge is 2.32. The second-order valence-electron chi connectivity index (χ2n) is 6.42. The van der Waals surface area contributed by atoms with Gasteiger partial charge in [0, 0.05) is 17.0 Å². The molecule has 0 saturated heterocycles. The first kappa shape index (κ1) is 17.1. The second-order valence-corrected chi connectivity index (χ2v) is 6.42. The van der Waals surface area contributed by atoms with Gasteiger partial charge in [0.05, 0.1) is 32.7 Å². The van der Waals surface area contributed by atoms with E-state index >= 15 is 0 Å². The molecule has 1 aliphatic rings. The van der Waals surface area contributed by atoms with E-state index in [2.05, 4.69) is 32.0 Å². The van der Waals surface area contributed by atoms with Gasteiger partial charge in [-0.15, -0.1) is 0 Å². The summed E-state index contributed by atoms with van der Waals surface area (Å²) in [4.78, 5) is 4.78. The molecular formula is C21H23NO3. The van der Waals surface area contributed by atoms with E-state index in [-0.39, 0.29) is 5.41 Å². The third-order valence-corrected chi connectivity index (χ3v) is 4.62. The minimum atomic E-state index is -0.128. The van der Waals surface area contributed by atoms with Crippen LogP contribution in [0.5, 0.6) is 17.2 Å². The molecule has 0 fully saturated rings. The number of fused-ring (bicyclic) bond motifs is 1. The van der Waals surface area contributed by atoms with E-state index in [4.69, 9.17) is 19.2 Å². The molecule has 1 heterocycles. The summed E-state index contributed by atoms with van der Waals surface area (Å²) >= 11 is 0. The topological polar surface area (TPSA) is 40.0 Å². The quantitative estimate of drug-likeness (QED) is 0.787. The van der Waals surface area contributed by atoms with Crippen LogP contribution in [0.25, 0.3) is 6.08 Å². The number of allylic oxidation sites excluding steroid dienone is 1. The Kier molecular flexibility index (Phi) is 4.53. The third-order valence-electron chi connectivity index (χ3n) is 4.62. The number of benzene rings is 2. The zero-order chi connectivity index (χ0) is 18.0. The molecule has 2 aromatic carbocycles. The largest absolute Gasteiger partial charge is 0.496 e. The Morgan fingerprint density at radius 2 is 1.48 bits per heavy atom. The van der Waals surface area contributed by atoms with E-state index in [0.717, 1.165) is 22.7 Å². The molecule has 0 amide bonds. The van der Waals surface area contributed by atoms with Crippen LogP contribution in [0.3, 0.4) is 0 Å². The number of para-hydroxylation sites is 1. The molecule has 130 valence electrons. The van der Waals surface area contributed by atoms with Crippen molar-refractivity contribution in [3.05, 3.63) is 53.6 Å². The summed E-state index contributed by atoms with van der Waals surface area (Å²) in [6.07, 6.45) is 4.05. The molecule has 0 N–H and O–H groups in total. The van der Waals surface area contributed by atoms with Crippen molar-refractivity contribution in [2.75, 3.05) is 21.3 Å². The fourth-order valence-corrected chi connectivity index (χ4v) is 3.10. The van der Waals surface area contributed by atoms with Crippen LogP contribution in [0.2, 0.25) is 0 Å². The van der Waals surface area contributed by atoms with Crippen LogP contribution in [0, 0.1) is 0 Å². The Hall–Kier alpha value is -2.75. The van der Waals surface area contributed by atoms with Gasteiger partial charge in [0.15, 0.2) is 11.5 Å². The van der Waals surface area contributed by atoms with Crippen LogP contribution >= 0.6 is 0 Å². The molecule has 0 aromatic heterocycles. The van der Waals surface area contributed by atoms with E-state index in [1.807, 2.05) is 30.4 Å². The zero-order valence-electron chi connectivity index (χ0n) is 15.3. The number of hydrogen-bond donors (Lipinski definition) is 0. The lowest BCUT2D eigenvalue weighted by Gasteiger charge is -2.20. The van der Waals surface area contributed by atoms with Gasteiger partial charge in [-0.2, -0.15) is 0 Å². The maximum atomic E-state index is 5.49. The summed E-state index contributed by atoms with van der Waals surface area (Å²) in [5.41, 5.74) is 4.08. The molecule has 0 spiro atoms. The minimum absolute atomic E-state index is 0.128. The summed E-state index contributed by atoms with van der Waals surface area (Å²) in [5, 5.41) is 0. The van der Waals surface area contributed by atoms with E-state index in [1.54, 1.807) is 21.3 Å². The highest BCUT2D eigenvalue weighted by Crippen LogP contribution is 2.41. The van der Waals surface area contributed by atoms with E-state index in [0.29, 0.717) is 11.5 Å². The fraction of sp³-hybridized carbons (Fsp3) is 0.286. The smallest absolute Gasteiger partial charge is 0.164 e. The van der Waals surface area contributed by atoms with E-state index < -0.39 is 0 Å². The van der Waals surface area contributed by atoms with Gasteiger partial charge in [0.1, 0.15) is 5.75 Å². The maximum Gasteiger partial charge on any atom is 0.164 e. The fourth-order valence-electron chi connectivity index (χ4n) is 3.10. The molecule has 25 heavy (non-hydrogen) atoms. The number of ether oxygens (including phenoxy) is 3. The molecular weight excluding hydrogens is 314 g/mol. The molecule has 4 nitrogen and oxygen atoms in total. The van der Waals surface area contributed by atoms with E-state index in [1.165, 1.54) is 5.56 Å². The van der Waals surface area contributed by atoms with Crippen molar-refractivity contribution in [3.63, 3.8) is 0 Å².